The van der Waals surface area contributed by atoms with Gasteiger partial charge in [0, 0.05) is 57.5 Å². The van der Waals surface area contributed by atoms with Crippen molar-refractivity contribution in [2.75, 3.05) is 53.7 Å². The van der Waals surface area contributed by atoms with Crippen molar-refractivity contribution in [1.82, 2.24) is 15.1 Å². The summed E-state index contributed by atoms with van der Waals surface area (Å²) >= 11 is 0. The molecule has 0 aliphatic heterocycles. The van der Waals surface area contributed by atoms with Gasteiger partial charge in [-0.15, -0.1) is 0 Å². The van der Waals surface area contributed by atoms with Crippen molar-refractivity contribution in [1.29, 1.82) is 0 Å². The van der Waals surface area contributed by atoms with Gasteiger partial charge in [-0.1, -0.05) is 0 Å². The highest BCUT2D eigenvalue weighted by Crippen LogP contribution is 2.54. The van der Waals surface area contributed by atoms with Gasteiger partial charge in [-0.2, -0.15) is 0 Å². The number of nitrogens with one attached hydrogen (secondary N) is 1. The van der Waals surface area contributed by atoms with Crippen molar-refractivity contribution < 1.29 is 39.6 Å². The van der Waals surface area contributed by atoms with Crippen LogP contribution in [-0.4, -0.2) is 114 Å². The molecule has 41 heavy (non-hydrogen) atoms. The number of anilines is 1. The fourth-order valence-electron chi connectivity index (χ4n) is 6.34. The summed E-state index contributed by atoms with van der Waals surface area (Å²) in [6.45, 7) is 0.0755. The standard InChI is InChI=1S/C28H37N5O8/c1-31(2)16-9-13(10-30-11-17(34)32(3)4)22(35)19-14(16)7-12-8-15-21(33(5)6)24(37)20(27(29)40)26(39)28(15,41)25(38)18(12)23(19)36/h9,12,15,21,30,35-36,39,41H,7-8,10-11H2,1-6H3,(H2,29,40)/t12?,15?,21-,28-/m0/s1. The van der Waals surface area contributed by atoms with Crippen molar-refractivity contribution in [3.63, 3.8) is 0 Å². The van der Waals surface area contributed by atoms with E-state index in [1.807, 2.05) is 0 Å². The Hall–Kier alpha value is -3.94. The SMILES string of the molecule is CN(C)C(=O)CNCc1cc(N(C)C)c2c(c1O)C(O)=C1C(=O)[C@]3(O)C(O)=C(C(N)=O)C(=O)[C@@H](N(C)C)C3CC1C2. The summed E-state index contributed by atoms with van der Waals surface area (Å²) in [6.07, 6.45) is 0.192. The van der Waals surface area contributed by atoms with Crippen molar-refractivity contribution in [2.45, 2.75) is 31.0 Å². The number of aliphatic hydroxyl groups excluding tert-OH is 2. The van der Waals surface area contributed by atoms with Crippen LogP contribution in [0.5, 0.6) is 5.75 Å². The maximum absolute atomic E-state index is 14.0. The van der Waals surface area contributed by atoms with Gasteiger partial charge in [-0.05, 0) is 44.5 Å². The molecular weight excluding hydrogens is 534 g/mol. The molecule has 0 saturated heterocycles. The lowest BCUT2D eigenvalue weighted by molar-refractivity contribution is -0.153. The lowest BCUT2D eigenvalue weighted by Gasteiger charge is -2.50. The van der Waals surface area contributed by atoms with Crippen molar-refractivity contribution in [3.8, 4) is 5.75 Å². The number of rotatable bonds is 7. The molecule has 1 saturated carbocycles. The summed E-state index contributed by atoms with van der Waals surface area (Å²) in [5.41, 5.74) is 3.18. The van der Waals surface area contributed by atoms with E-state index in [9.17, 15) is 39.6 Å². The van der Waals surface area contributed by atoms with Crippen LogP contribution in [0.4, 0.5) is 5.69 Å². The second-order valence-electron chi connectivity index (χ2n) is 11.5. The molecule has 1 fully saturated rings. The van der Waals surface area contributed by atoms with E-state index in [-0.39, 0.29) is 48.7 Å². The minimum absolute atomic E-state index is 0.00242. The number of nitrogens with zero attached hydrogens (tertiary/aromatic N) is 3. The number of aliphatic hydroxyl groups is 3. The monoisotopic (exact) mass is 571 g/mol. The Bertz CT molecular complexity index is 1410. The summed E-state index contributed by atoms with van der Waals surface area (Å²) in [5.74, 6) is -7.13. The molecule has 0 spiro atoms. The van der Waals surface area contributed by atoms with Gasteiger partial charge in [-0.25, -0.2) is 0 Å². The molecule has 2 amide bonds. The van der Waals surface area contributed by atoms with Gasteiger partial charge in [-0.3, -0.25) is 24.1 Å². The highest BCUT2D eigenvalue weighted by molar-refractivity contribution is 6.24. The molecule has 222 valence electrons. The molecule has 0 aromatic heterocycles. The number of Topliss-reactive ketones (excluding diaryl/α,β-unsaturated/α-hetero) is 2. The first-order valence-corrected chi connectivity index (χ1v) is 13.2. The van der Waals surface area contributed by atoms with Crippen LogP contribution in [0, 0.1) is 11.8 Å². The smallest absolute Gasteiger partial charge is 0.255 e. The van der Waals surface area contributed by atoms with Gasteiger partial charge in [0.25, 0.3) is 5.91 Å². The fourth-order valence-corrected chi connectivity index (χ4v) is 6.34. The number of likely N-dealkylation sites (N-methyl/N-ethyl adjacent to an activating group) is 2. The minimum Gasteiger partial charge on any atom is -0.508 e. The van der Waals surface area contributed by atoms with Gasteiger partial charge in [0.05, 0.1) is 18.2 Å². The van der Waals surface area contributed by atoms with E-state index in [0.29, 0.717) is 16.8 Å². The Kier molecular flexibility index (Phi) is 7.67. The summed E-state index contributed by atoms with van der Waals surface area (Å²) in [7, 11) is 9.92. The second-order valence-corrected chi connectivity index (χ2v) is 11.5. The molecule has 0 radical (unpaired) electrons. The predicted molar refractivity (Wildman–Crippen MR) is 149 cm³/mol. The third-order valence-electron chi connectivity index (χ3n) is 8.35. The number of nitrogens with two attached hydrogens (primary N) is 1. The van der Waals surface area contributed by atoms with Crippen LogP contribution in [0.3, 0.4) is 0 Å². The van der Waals surface area contributed by atoms with Crippen LogP contribution in [0.15, 0.2) is 23.0 Å². The molecule has 13 heteroatoms. The number of carbonyl (C=O) groups excluding carboxylic acids is 4. The zero-order chi connectivity index (χ0) is 30.7. The van der Waals surface area contributed by atoms with E-state index < -0.39 is 58.0 Å². The molecule has 3 aliphatic rings. The Labute approximate surface area is 237 Å². The Morgan fingerprint density at radius 2 is 1.73 bits per heavy atom. The topological polar surface area (TPSA) is 197 Å². The maximum atomic E-state index is 14.0. The average Bonchev–Trinajstić information content (AvgIpc) is 2.86. The van der Waals surface area contributed by atoms with E-state index in [4.69, 9.17) is 5.73 Å². The summed E-state index contributed by atoms with van der Waals surface area (Å²) in [4.78, 5) is 56.1. The highest BCUT2D eigenvalue weighted by atomic mass is 16.3. The highest BCUT2D eigenvalue weighted by Gasteiger charge is 2.64. The predicted octanol–water partition coefficient (Wildman–Crippen LogP) is -0.792. The first-order chi connectivity index (χ1) is 19.0. The zero-order valence-electron chi connectivity index (χ0n) is 24.0. The first kappa shape index (κ1) is 30.0. The first-order valence-electron chi connectivity index (χ1n) is 13.2. The van der Waals surface area contributed by atoms with E-state index in [0.717, 1.165) is 0 Å². The van der Waals surface area contributed by atoms with Gasteiger partial charge in [0.15, 0.2) is 11.4 Å². The van der Waals surface area contributed by atoms with E-state index >= 15 is 0 Å². The lowest BCUT2D eigenvalue weighted by atomic mass is 9.57. The normalized spacial score (nSPS) is 25.6. The van der Waals surface area contributed by atoms with Crippen molar-refractivity contribution >= 4 is 34.8 Å². The zero-order valence-corrected chi connectivity index (χ0v) is 24.0. The number of amides is 2. The third kappa shape index (κ3) is 4.53. The fraction of sp³-hybridized carbons (Fsp3) is 0.500. The van der Waals surface area contributed by atoms with Crippen LogP contribution in [0.1, 0.15) is 23.1 Å². The molecule has 0 heterocycles. The summed E-state index contributed by atoms with van der Waals surface area (Å²) < 4.78 is 0. The number of fused-ring (bicyclic) bond motifs is 3. The van der Waals surface area contributed by atoms with Gasteiger partial charge in [0.1, 0.15) is 22.8 Å². The van der Waals surface area contributed by atoms with Crippen LogP contribution in [-0.2, 0) is 32.1 Å². The summed E-state index contributed by atoms with van der Waals surface area (Å²) in [6, 6.07) is 0.591. The van der Waals surface area contributed by atoms with Crippen LogP contribution >= 0.6 is 0 Å². The molecule has 3 aliphatic carbocycles. The Morgan fingerprint density at radius 3 is 2.27 bits per heavy atom. The molecular formula is C28H37N5O8. The largest absolute Gasteiger partial charge is 0.508 e. The molecule has 4 atom stereocenters. The molecule has 7 N–H and O–H groups in total. The van der Waals surface area contributed by atoms with E-state index in [2.05, 4.69) is 5.32 Å². The van der Waals surface area contributed by atoms with Crippen LogP contribution < -0.4 is 16.0 Å². The maximum Gasteiger partial charge on any atom is 0.255 e. The molecule has 2 unspecified atom stereocenters. The summed E-state index contributed by atoms with van der Waals surface area (Å²) in [5, 5.41) is 48.5. The number of benzene rings is 1. The number of phenolic OH excluding ortho intramolecular Hbond substituents is 1. The van der Waals surface area contributed by atoms with Crippen LogP contribution in [0.2, 0.25) is 0 Å². The molecule has 0 bridgehead atoms. The number of carbonyl (C=O) groups is 4. The van der Waals surface area contributed by atoms with E-state index in [1.165, 1.54) is 9.80 Å². The van der Waals surface area contributed by atoms with Crippen LogP contribution in [0.25, 0.3) is 5.76 Å². The lowest BCUT2D eigenvalue weighted by Crippen LogP contribution is -2.65. The van der Waals surface area contributed by atoms with Gasteiger partial charge in [0.2, 0.25) is 11.7 Å². The molecule has 4 rings (SSSR count). The second kappa shape index (κ2) is 10.5. The van der Waals surface area contributed by atoms with E-state index in [1.54, 1.807) is 53.3 Å². The minimum atomic E-state index is -2.70. The number of hydrogen-bond acceptors (Lipinski definition) is 11. The molecule has 13 nitrogen and oxygen atoms in total. The average molecular weight is 572 g/mol. The third-order valence-corrected chi connectivity index (χ3v) is 8.35. The number of ketones is 2. The quantitative estimate of drug-likeness (QED) is 0.224. The Morgan fingerprint density at radius 1 is 1.10 bits per heavy atom. The molecule has 1 aromatic carbocycles. The number of aromatic hydroxyl groups is 1. The van der Waals surface area contributed by atoms with Gasteiger partial charge >= 0.3 is 0 Å². The van der Waals surface area contributed by atoms with Gasteiger partial charge < -0.3 is 41.3 Å². The number of primary amides is 1. The number of hydrogen-bond donors (Lipinski definition) is 6. The molecule has 1 aromatic rings. The number of phenols is 1. The van der Waals surface area contributed by atoms with Crippen molar-refractivity contribution in [2.24, 2.45) is 17.6 Å². The Balaban J connectivity index is 1.88. The van der Waals surface area contributed by atoms with Crippen molar-refractivity contribution in [3.05, 3.63) is 39.7 Å².